The van der Waals surface area contributed by atoms with Crippen molar-refractivity contribution in [2.24, 2.45) is 16.7 Å². The van der Waals surface area contributed by atoms with Crippen molar-refractivity contribution in [3.8, 4) is 0 Å². The van der Waals surface area contributed by atoms with Gasteiger partial charge in [0.1, 0.15) is 5.25 Å². The number of ketones is 1. The van der Waals surface area contributed by atoms with Crippen LogP contribution in [0.3, 0.4) is 0 Å². The zero-order valence-corrected chi connectivity index (χ0v) is 9.97. The SMILES string of the molecule is CC12CC[C@@H](C(S(=O)(=O)O)C1=O)C2(C)C. The number of hydrogen-bond donors (Lipinski definition) is 1. The Morgan fingerprint density at radius 3 is 2.13 bits per heavy atom. The highest BCUT2D eigenvalue weighted by molar-refractivity contribution is 7.87. The Balaban J connectivity index is 2.57. The minimum absolute atomic E-state index is 0.231. The summed E-state index contributed by atoms with van der Waals surface area (Å²) in [5.74, 6) is -0.531. The molecule has 3 atom stereocenters. The lowest BCUT2D eigenvalue weighted by Crippen LogP contribution is -2.38. The van der Waals surface area contributed by atoms with E-state index in [1.54, 1.807) is 0 Å². The van der Waals surface area contributed by atoms with Gasteiger partial charge in [0.15, 0.2) is 5.78 Å². The van der Waals surface area contributed by atoms with E-state index < -0.39 is 20.8 Å². The summed E-state index contributed by atoms with van der Waals surface area (Å²) in [7, 11) is -4.24. The van der Waals surface area contributed by atoms with E-state index >= 15 is 0 Å². The minimum Gasteiger partial charge on any atom is -0.297 e. The molecular formula is C10H16O4S. The van der Waals surface area contributed by atoms with Gasteiger partial charge in [0.2, 0.25) is 0 Å². The van der Waals surface area contributed by atoms with Gasteiger partial charge in [0.25, 0.3) is 10.1 Å². The Morgan fingerprint density at radius 1 is 1.33 bits per heavy atom. The van der Waals surface area contributed by atoms with Crippen LogP contribution in [0.25, 0.3) is 0 Å². The van der Waals surface area contributed by atoms with Crippen molar-refractivity contribution in [2.75, 3.05) is 0 Å². The van der Waals surface area contributed by atoms with Crippen molar-refractivity contribution in [2.45, 2.75) is 38.9 Å². The molecule has 2 aliphatic carbocycles. The quantitative estimate of drug-likeness (QED) is 0.691. The van der Waals surface area contributed by atoms with E-state index in [0.717, 1.165) is 6.42 Å². The van der Waals surface area contributed by atoms with Gasteiger partial charge < -0.3 is 0 Å². The van der Waals surface area contributed by atoms with Crippen LogP contribution in [0.2, 0.25) is 0 Å². The molecule has 0 aromatic carbocycles. The van der Waals surface area contributed by atoms with Gasteiger partial charge in [-0.2, -0.15) is 8.42 Å². The first kappa shape index (κ1) is 11.1. The van der Waals surface area contributed by atoms with Crippen molar-refractivity contribution in [3.05, 3.63) is 0 Å². The second-order valence-electron chi connectivity index (χ2n) is 5.50. The lowest BCUT2D eigenvalue weighted by atomic mass is 9.70. The van der Waals surface area contributed by atoms with Crippen LogP contribution in [0.15, 0.2) is 0 Å². The summed E-state index contributed by atoms with van der Waals surface area (Å²) in [5, 5.41) is -1.19. The lowest BCUT2D eigenvalue weighted by Gasteiger charge is -2.32. The van der Waals surface area contributed by atoms with Crippen molar-refractivity contribution < 1.29 is 17.8 Å². The molecular weight excluding hydrogens is 216 g/mol. The summed E-state index contributed by atoms with van der Waals surface area (Å²) >= 11 is 0. The predicted molar refractivity (Wildman–Crippen MR) is 55.0 cm³/mol. The number of carbonyl (C=O) groups is 1. The maximum atomic E-state index is 12.0. The highest BCUT2D eigenvalue weighted by Crippen LogP contribution is 2.64. The standard InChI is InChI=1S/C10H16O4S/c1-9(2)6-4-5-10(9,3)8(11)7(6)15(12,13)14/h6-7H,4-5H2,1-3H3,(H,12,13,14)/t6-,7?,10?/m0/s1. The third-order valence-corrected chi connectivity index (χ3v) is 5.98. The summed E-state index contributed by atoms with van der Waals surface area (Å²) in [6.45, 7) is 5.67. The fourth-order valence-electron chi connectivity index (χ4n) is 3.35. The molecule has 15 heavy (non-hydrogen) atoms. The van der Waals surface area contributed by atoms with Crippen LogP contribution in [0.5, 0.6) is 0 Å². The number of rotatable bonds is 1. The van der Waals surface area contributed by atoms with Crippen LogP contribution in [0.4, 0.5) is 0 Å². The molecule has 2 aliphatic rings. The molecule has 0 saturated heterocycles. The fourth-order valence-corrected chi connectivity index (χ4v) is 4.77. The largest absolute Gasteiger partial charge is 0.297 e. The highest BCUT2D eigenvalue weighted by atomic mass is 32.2. The van der Waals surface area contributed by atoms with Crippen LogP contribution in [-0.4, -0.2) is 24.0 Å². The van der Waals surface area contributed by atoms with Gasteiger partial charge in [-0.25, -0.2) is 0 Å². The van der Waals surface area contributed by atoms with E-state index in [4.69, 9.17) is 4.55 Å². The first-order valence-electron chi connectivity index (χ1n) is 5.13. The van der Waals surface area contributed by atoms with Crippen LogP contribution in [0, 0.1) is 16.7 Å². The van der Waals surface area contributed by atoms with Crippen LogP contribution < -0.4 is 0 Å². The van der Waals surface area contributed by atoms with Gasteiger partial charge in [-0.15, -0.1) is 0 Å². The Kier molecular flexibility index (Phi) is 1.94. The first-order valence-corrected chi connectivity index (χ1v) is 6.63. The predicted octanol–water partition coefficient (Wildman–Crippen LogP) is 1.27. The van der Waals surface area contributed by atoms with Gasteiger partial charge in [0, 0.05) is 5.41 Å². The molecule has 4 nitrogen and oxygen atoms in total. The Hall–Kier alpha value is -0.420. The molecule has 0 aliphatic heterocycles. The van der Waals surface area contributed by atoms with E-state index in [1.807, 2.05) is 20.8 Å². The average molecular weight is 232 g/mol. The van der Waals surface area contributed by atoms with Crippen LogP contribution in [0.1, 0.15) is 33.6 Å². The summed E-state index contributed by atoms with van der Waals surface area (Å²) in [5.41, 5.74) is -0.914. The summed E-state index contributed by atoms with van der Waals surface area (Å²) < 4.78 is 31.5. The molecule has 0 amide bonds. The Labute approximate surface area is 89.8 Å². The molecule has 2 bridgehead atoms. The monoisotopic (exact) mass is 232 g/mol. The maximum Gasteiger partial charge on any atom is 0.275 e. The number of hydrogen-bond acceptors (Lipinski definition) is 3. The molecule has 0 aromatic heterocycles. The molecule has 2 fully saturated rings. The fraction of sp³-hybridized carbons (Fsp3) is 0.900. The van der Waals surface area contributed by atoms with E-state index in [9.17, 15) is 13.2 Å². The molecule has 1 N–H and O–H groups in total. The molecule has 0 radical (unpaired) electrons. The summed E-state index contributed by atoms with van der Waals surface area (Å²) in [6, 6.07) is 0. The van der Waals surface area contributed by atoms with E-state index in [1.165, 1.54) is 0 Å². The molecule has 5 heteroatoms. The van der Waals surface area contributed by atoms with Gasteiger partial charge in [-0.1, -0.05) is 20.8 Å². The third kappa shape index (κ3) is 1.11. The number of fused-ring (bicyclic) bond motifs is 2. The highest BCUT2D eigenvalue weighted by Gasteiger charge is 2.69. The Morgan fingerprint density at radius 2 is 1.87 bits per heavy atom. The zero-order chi connectivity index (χ0) is 11.6. The molecule has 2 rings (SSSR count). The van der Waals surface area contributed by atoms with Crippen molar-refractivity contribution in [1.82, 2.24) is 0 Å². The van der Waals surface area contributed by atoms with Gasteiger partial charge in [-0.3, -0.25) is 9.35 Å². The lowest BCUT2D eigenvalue weighted by molar-refractivity contribution is -0.128. The molecule has 0 aromatic rings. The molecule has 2 unspecified atom stereocenters. The van der Waals surface area contributed by atoms with E-state index in [-0.39, 0.29) is 17.1 Å². The Bertz CT molecular complexity index is 423. The van der Waals surface area contributed by atoms with Gasteiger partial charge in [-0.05, 0) is 24.2 Å². The van der Waals surface area contributed by atoms with Crippen molar-refractivity contribution in [3.63, 3.8) is 0 Å². The third-order valence-electron chi connectivity index (χ3n) is 4.79. The number of Topliss-reactive ketones (excluding diaryl/α,β-unsaturated/α-hetero) is 1. The van der Waals surface area contributed by atoms with Gasteiger partial charge in [0.05, 0.1) is 0 Å². The second-order valence-corrected chi connectivity index (χ2v) is 7.04. The molecule has 0 spiro atoms. The summed E-state index contributed by atoms with van der Waals surface area (Å²) in [4.78, 5) is 12.0. The normalized spacial score (nSPS) is 43.6. The van der Waals surface area contributed by atoms with E-state index in [2.05, 4.69) is 0 Å². The number of carbonyl (C=O) groups excluding carboxylic acids is 1. The van der Waals surface area contributed by atoms with Crippen molar-refractivity contribution in [1.29, 1.82) is 0 Å². The zero-order valence-electron chi connectivity index (χ0n) is 9.15. The van der Waals surface area contributed by atoms with Gasteiger partial charge >= 0.3 is 0 Å². The smallest absolute Gasteiger partial charge is 0.275 e. The summed E-state index contributed by atoms with van der Waals surface area (Å²) in [6.07, 6.45) is 1.44. The first-order chi connectivity index (χ1) is 6.62. The molecule has 86 valence electrons. The second kappa shape index (κ2) is 2.63. The average Bonchev–Trinajstić information content (AvgIpc) is 2.33. The van der Waals surface area contributed by atoms with Crippen LogP contribution >= 0.6 is 0 Å². The van der Waals surface area contributed by atoms with Crippen LogP contribution in [-0.2, 0) is 14.9 Å². The van der Waals surface area contributed by atoms with Crippen molar-refractivity contribution >= 4 is 15.9 Å². The van der Waals surface area contributed by atoms with E-state index in [0.29, 0.717) is 6.42 Å². The molecule has 2 saturated carbocycles. The minimum atomic E-state index is -4.24. The molecule has 0 heterocycles. The topological polar surface area (TPSA) is 71.4 Å². The maximum absolute atomic E-state index is 12.0.